The molecule has 0 spiro atoms. The van der Waals surface area contributed by atoms with Gasteiger partial charge in [-0.25, -0.2) is 0 Å². The van der Waals surface area contributed by atoms with Crippen LogP contribution in [0.25, 0.3) is 24.3 Å². The van der Waals surface area contributed by atoms with Crippen LogP contribution in [-0.4, -0.2) is 0 Å². The maximum Gasteiger partial charge on any atom is 0.0208 e. The van der Waals surface area contributed by atoms with E-state index in [-0.39, 0.29) is 0 Å². The summed E-state index contributed by atoms with van der Waals surface area (Å²) >= 11 is 9.63. The van der Waals surface area contributed by atoms with Crippen molar-refractivity contribution in [1.82, 2.24) is 0 Å². The van der Waals surface area contributed by atoms with Crippen molar-refractivity contribution in [1.29, 1.82) is 0 Å². The van der Waals surface area contributed by atoms with E-state index in [1.54, 1.807) is 0 Å². The fraction of sp³-hybridized carbons (Fsp3) is 0.154. The largest absolute Gasteiger partial charge is 0.0543 e. The highest BCUT2D eigenvalue weighted by Crippen LogP contribution is 2.25. The fourth-order valence-corrected chi connectivity index (χ4v) is 4.75. The van der Waals surface area contributed by atoms with Crippen LogP contribution in [0.3, 0.4) is 0 Å². The minimum Gasteiger partial charge on any atom is -0.0543 e. The molecular weight excluding hydrogens is 599 g/mol. The molecule has 3 heteroatoms. The second-order valence-corrected chi connectivity index (χ2v) is 10.2. The van der Waals surface area contributed by atoms with Crippen LogP contribution in [0.2, 0.25) is 0 Å². The molecule has 3 aromatic rings. The molecule has 0 atom stereocenters. The summed E-state index contributed by atoms with van der Waals surface area (Å²) in [6.45, 7) is 8.54. The van der Waals surface area contributed by atoms with Gasteiger partial charge in [0.2, 0.25) is 0 Å². The maximum atomic E-state index is 3.61. The number of aryl methyl sites for hydroxylation is 4. The average molecular weight is 622 g/mol. The smallest absolute Gasteiger partial charge is 0.0208 e. The van der Waals surface area contributed by atoms with Crippen molar-refractivity contribution in [3.63, 3.8) is 0 Å². The molecule has 0 amide bonds. The first-order chi connectivity index (χ1) is 13.7. The summed E-state index contributed by atoms with van der Waals surface area (Å²) in [4.78, 5) is 0. The first-order valence-electron chi connectivity index (χ1n) is 9.44. The van der Waals surface area contributed by atoms with Gasteiger partial charge in [-0.3, -0.25) is 0 Å². The first kappa shape index (κ1) is 22.5. The number of hydrogen-bond donors (Lipinski definition) is 0. The fourth-order valence-electron chi connectivity index (χ4n) is 3.11. The lowest BCUT2D eigenvalue weighted by Crippen LogP contribution is -1.86. The highest BCUT2D eigenvalue weighted by molar-refractivity contribution is 14.1. The minimum atomic E-state index is 1.16. The second kappa shape index (κ2) is 9.76. The Labute approximate surface area is 204 Å². The lowest BCUT2D eigenvalue weighted by molar-refractivity contribution is 1.35. The van der Waals surface area contributed by atoms with Gasteiger partial charge in [-0.1, -0.05) is 80.4 Å². The molecule has 0 unspecified atom stereocenters. The van der Waals surface area contributed by atoms with E-state index in [2.05, 4.69) is 149 Å². The van der Waals surface area contributed by atoms with Crippen molar-refractivity contribution in [2.45, 2.75) is 27.7 Å². The number of halogens is 3. The summed E-state index contributed by atoms with van der Waals surface area (Å²) < 4.78 is 3.57. The molecule has 0 aliphatic rings. The SMILES string of the molecule is Cc1cc(C=Cc2ccc(C=Cc3cc(C)c(Br)cc3C)c(I)c2)c(C)cc1Br. The van der Waals surface area contributed by atoms with Crippen molar-refractivity contribution in [2.24, 2.45) is 0 Å². The monoisotopic (exact) mass is 620 g/mol. The van der Waals surface area contributed by atoms with Crippen LogP contribution >= 0.6 is 54.5 Å². The Bertz CT molecular complexity index is 1120. The third-order valence-electron chi connectivity index (χ3n) is 5.02. The number of rotatable bonds is 4. The third kappa shape index (κ3) is 5.71. The molecule has 29 heavy (non-hydrogen) atoms. The Kier molecular flexibility index (Phi) is 7.58. The van der Waals surface area contributed by atoms with Crippen LogP contribution < -0.4 is 0 Å². The van der Waals surface area contributed by atoms with Gasteiger partial charge < -0.3 is 0 Å². The van der Waals surface area contributed by atoms with Crippen molar-refractivity contribution in [3.8, 4) is 0 Å². The molecule has 0 aliphatic carbocycles. The Hall–Kier alpha value is -1.17. The van der Waals surface area contributed by atoms with Gasteiger partial charge in [-0.2, -0.15) is 0 Å². The summed E-state index contributed by atoms with van der Waals surface area (Å²) in [5.74, 6) is 0. The topological polar surface area (TPSA) is 0 Å². The van der Waals surface area contributed by atoms with Gasteiger partial charge in [-0.05, 0) is 113 Å². The summed E-state index contributed by atoms with van der Waals surface area (Å²) in [6, 6.07) is 15.4. The van der Waals surface area contributed by atoms with E-state index in [0.717, 1.165) is 8.95 Å². The minimum absolute atomic E-state index is 1.16. The van der Waals surface area contributed by atoms with E-state index in [1.807, 2.05) is 0 Å². The zero-order chi connectivity index (χ0) is 21.1. The number of benzene rings is 3. The molecule has 0 saturated carbocycles. The lowest BCUT2D eigenvalue weighted by atomic mass is 10.0. The first-order valence-corrected chi connectivity index (χ1v) is 12.1. The predicted molar refractivity (Wildman–Crippen MR) is 144 cm³/mol. The molecule has 148 valence electrons. The molecule has 0 bridgehead atoms. The van der Waals surface area contributed by atoms with Crippen LogP contribution in [-0.2, 0) is 0 Å². The quantitative estimate of drug-likeness (QED) is 0.201. The second-order valence-electron chi connectivity index (χ2n) is 7.36. The molecular formula is C26H23Br2I. The van der Waals surface area contributed by atoms with Crippen LogP contribution in [0.4, 0.5) is 0 Å². The summed E-state index contributed by atoms with van der Waals surface area (Å²) in [5.41, 5.74) is 10.0. The Morgan fingerprint density at radius 2 is 1.07 bits per heavy atom. The number of hydrogen-bond acceptors (Lipinski definition) is 0. The lowest BCUT2D eigenvalue weighted by Gasteiger charge is -2.06. The molecule has 0 heterocycles. The summed E-state index contributed by atoms with van der Waals surface area (Å²) in [7, 11) is 0. The van der Waals surface area contributed by atoms with Gasteiger partial charge in [0, 0.05) is 12.5 Å². The van der Waals surface area contributed by atoms with Crippen molar-refractivity contribution >= 4 is 78.8 Å². The molecule has 0 nitrogen and oxygen atoms in total. The van der Waals surface area contributed by atoms with Gasteiger partial charge in [0.15, 0.2) is 0 Å². The van der Waals surface area contributed by atoms with E-state index < -0.39 is 0 Å². The van der Waals surface area contributed by atoms with Crippen LogP contribution in [0, 0.1) is 31.3 Å². The summed E-state index contributed by atoms with van der Waals surface area (Å²) in [5, 5.41) is 0. The molecule has 0 N–H and O–H groups in total. The Morgan fingerprint density at radius 1 is 0.586 bits per heavy atom. The Morgan fingerprint density at radius 3 is 1.59 bits per heavy atom. The molecule has 0 fully saturated rings. The van der Waals surface area contributed by atoms with Crippen LogP contribution in [0.15, 0.2) is 51.4 Å². The molecule has 0 aromatic heterocycles. The van der Waals surface area contributed by atoms with E-state index in [1.165, 1.54) is 48.1 Å². The zero-order valence-corrected chi connectivity index (χ0v) is 22.3. The van der Waals surface area contributed by atoms with Gasteiger partial charge in [0.25, 0.3) is 0 Å². The van der Waals surface area contributed by atoms with Crippen molar-refractivity contribution < 1.29 is 0 Å². The summed E-state index contributed by atoms with van der Waals surface area (Å²) in [6.07, 6.45) is 8.79. The van der Waals surface area contributed by atoms with Gasteiger partial charge in [0.05, 0.1) is 0 Å². The normalized spacial score (nSPS) is 11.7. The van der Waals surface area contributed by atoms with E-state index >= 15 is 0 Å². The molecule has 0 radical (unpaired) electrons. The van der Waals surface area contributed by atoms with E-state index in [4.69, 9.17) is 0 Å². The van der Waals surface area contributed by atoms with Crippen LogP contribution in [0.5, 0.6) is 0 Å². The van der Waals surface area contributed by atoms with E-state index in [0.29, 0.717) is 0 Å². The van der Waals surface area contributed by atoms with Gasteiger partial charge >= 0.3 is 0 Å². The van der Waals surface area contributed by atoms with Crippen molar-refractivity contribution in [2.75, 3.05) is 0 Å². The van der Waals surface area contributed by atoms with Gasteiger partial charge in [0.1, 0.15) is 0 Å². The van der Waals surface area contributed by atoms with E-state index in [9.17, 15) is 0 Å². The van der Waals surface area contributed by atoms with Crippen LogP contribution in [0.1, 0.15) is 44.5 Å². The van der Waals surface area contributed by atoms with Crippen molar-refractivity contribution in [3.05, 3.63) is 99.5 Å². The molecule has 3 aromatic carbocycles. The highest BCUT2D eigenvalue weighted by atomic mass is 127. The highest BCUT2D eigenvalue weighted by Gasteiger charge is 2.03. The predicted octanol–water partition coefficient (Wildman–Crippen LogP) is 9.39. The standard InChI is InChI=1S/C26H23Br2I/c1-16-13-24(27)18(3)11-22(16)8-6-20-5-7-21(26(29)15-20)9-10-23-12-19(4)25(28)14-17(23)2/h5-15H,1-4H3. The average Bonchev–Trinajstić information content (AvgIpc) is 2.66. The maximum absolute atomic E-state index is 3.61. The molecule has 0 saturated heterocycles. The third-order valence-corrected chi connectivity index (χ3v) is 7.66. The molecule has 3 rings (SSSR count). The van der Waals surface area contributed by atoms with Gasteiger partial charge in [-0.15, -0.1) is 0 Å². The Balaban J connectivity index is 1.82. The molecule has 0 aliphatic heterocycles. The zero-order valence-electron chi connectivity index (χ0n) is 17.0.